The summed E-state index contributed by atoms with van der Waals surface area (Å²) in [6, 6.07) is 4.91. The van der Waals surface area contributed by atoms with Gasteiger partial charge in [-0.1, -0.05) is 0 Å². The fraction of sp³-hybridized carbons (Fsp3) is 0.400. The second kappa shape index (κ2) is 5.17. The lowest BCUT2D eigenvalue weighted by molar-refractivity contribution is -0.125. The SMILES string of the molecule is O=C1CN(C2CN(c3ncnc4ccc(F)cc34)C2)CCN1. The van der Waals surface area contributed by atoms with Crippen molar-refractivity contribution in [3.63, 3.8) is 0 Å². The van der Waals surface area contributed by atoms with Crippen LogP contribution in [0.5, 0.6) is 0 Å². The summed E-state index contributed by atoms with van der Waals surface area (Å²) in [6.45, 7) is 3.64. The first-order valence-corrected chi connectivity index (χ1v) is 7.37. The van der Waals surface area contributed by atoms with Gasteiger partial charge in [0.05, 0.1) is 12.1 Å². The molecule has 1 aromatic heterocycles. The van der Waals surface area contributed by atoms with Crippen LogP contribution >= 0.6 is 0 Å². The summed E-state index contributed by atoms with van der Waals surface area (Å²) in [7, 11) is 0. The number of carbonyl (C=O) groups excluding carboxylic acids is 1. The third kappa shape index (κ3) is 2.27. The number of benzene rings is 1. The van der Waals surface area contributed by atoms with Gasteiger partial charge in [0.15, 0.2) is 0 Å². The average Bonchev–Trinajstić information content (AvgIpc) is 2.46. The minimum absolute atomic E-state index is 0.0826. The first-order valence-electron chi connectivity index (χ1n) is 7.37. The summed E-state index contributed by atoms with van der Waals surface area (Å²) in [6.07, 6.45) is 1.51. The Labute approximate surface area is 126 Å². The van der Waals surface area contributed by atoms with E-state index >= 15 is 0 Å². The zero-order valence-electron chi connectivity index (χ0n) is 12.0. The summed E-state index contributed by atoms with van der Waals surface area (Å²) in [5.41, 5.74) is 0.743. The molecule has 7 heteroatoms. The summed E-state index contributed by atoms with van der Waals surface area (Å²) in [5, 5.41) is 3.57. The first kappa shape index (κ1) is 13.4. The van der Waals surface area contributed by atoms with E-state index in [1.807, 2.05) is 0 Å². The number of amides is 1. The fourth-order valence-corrected chi connectivity index (χ4v) is 3.10. The Morgan fingerprint density at radius 2 is 2.14 bits per heavy atom. The molecular weight excluding hydrogens is 285 g/mol. The molecule has 0 atom stereocenters. The largest absolute Gasteiger partial charge is 0.354 e. The Morgan fingerprint density at radius 1 is 1.27 bits per heavy atom. The van der Waals surface area contributed by atoms with Crippen LogP contribution in [-0.2, 0) is 4.79 Å². The van der Waals surface area contributed by atoms with E-state index in [1.54, 1.807) is 6.07 Å². The Kier molecular flexibility index (Phi) is 3.15. The predicted molar refractivity (Wildman–Crippen MR) is 80.1 cm³/mol. The summed E-state index contributed by atoms with van der Waals surface area (Å²) < 4.78 is 13.5. The molecule has 0 spiro atoms. The van der Waals surface area contributed by atoms with Gasteiger partial charge in [-0.15, -0.1) is 0 Å². The minimum atomic E-state index is -0.284. The van der Waals surface area contributed by atoms with E-state index in [-0.39, 0.29) is 11.7 Å². The van der Waals surface area contributed by atoms with Crippen LogP contribution in [0.15, 0.2) is 24.5 Å². The van der Waals surface area contributed by atoms with Gasteiger partial charge in [-0.25, -0.2) is 14.4 Å². The molecule has 1 N–H and O–H groups in total. The van der Waals surface area contributed by atoms with Gasteiger partial charge in [-0.2, -0.15) is 0 Å². The summed E-state index contributed by atoms with van der Waals surface area (Å²) >= 11 is 0. The van der Waals surface area contributed by atoms with Gasteiger partial charge in [-0.05, 0) is 18.2 Å². The number of halogens is 1. The van der Waals surface area contributed by atoms with Gasteiger partial charge in [0.1, 0.15) is 18.0 Å². The maximum Gasteiger partial charge on any atom is 0.234 e. The number of carbonyl (C=O) groups is 1. The molecule has 6 nitrogen and oxygen atoms in total. The molecule has 1 amide bonds. The smallest absolute Gasteiger partial charge is 0.234 e. The average molecular weight is 301 g/mol. The molecule has 0 aliphatic carbocycles. The van der Waals surface area contributed by atoms with Crippen LogP contribution in [0, 0.1) is 5.82 Å². The van der Waals surface area contributed by atoms with Crippen LogP contribution < -0.4 is 10.2 Å². The number of rotatable bonds is 2. The first-order chi connectivity index (χ1) is 10.7. The second-order valence-electron chi connectivity index (χ2n) is 5.74. The van der Waals surface area contributed by atoms with Crippen LogP contribution in [-0.4, -0.2) is 59.5 Å². The number of hydrogen-bond donors (Lipinski definition) is 1. The van der Waals surface area contributed by atoms with E-state index in [4.69, 9.17) is 0 Å². The second-order valence-corrected chi connectivity index (χ2v) is 5.74. The highest BCUT2D eigenvalue weighted by molar-refractivity contribution is 5.89. The van der Waals surface area contributed by atoms with Crippen LogP contribution in [0.2, 0.25) is 0 Å². The molecule has 0 bridgehead atoms. The van der Waals surface area contributed by atoms with Crippen LogP contribution in [0.3, 0.4) is 0 Å². The molecule has 114 valence electrons. The molecule has 0 unspecified atom stereocenters. The Balaban J connectivity index is 1.53. The van der Waals surface area contributed by atoms with Gasteiger partial charge < -0.3 is 10.2 Å². The van der Waals surface area contributed by atoms with Crippen LogP contribution in [0.1, 0.15) is 0 Å². The van der Waals surface area contributed by atoms with Gasteiger partial charge >= 0.3 is 0 Å². The number of fused-ring (bicyclic) bond motifs is 1. The Hall–Kier alpha value is -2.28. The zero-order valence-corrected chi connectivity index (χ0v) is 12.0. The molecule has 0 saturated carbocycles. The lowest BCUT2D eigenvalue weighted by atomic mass is 10.0. The van der Waals surface area contributed by atoms with E-state index in [0.29, 0.717) is 19.1 Å². The standard InChI is InChI=1S/C15H16FN5O/c16-10-1-2-13-12(5-10)15(19-9-18-13)21-6-11(7-21)20-4-3-17-14(22)8-20/h1-2,5,9,11H,3-4,6-8H2,(H,17,22). The maximum absolute atomic E-state index is 13.5. The number of nitrogens with zero attached hydrogens (tertiary/aromatic N) is 4. The quantitative estimate of drug-likeness (QED) is 0.869. The van der Waals surface area contributed by atoms with Crippen molar-refractivity contribution in [2.75, 3.05) is 37.6 Å². The van der Waals surface area contributed by atoms with Crippen LogP contribution in [0.4, 0.5) is 10.2 Å². The molecule has 2 saturated heterocycles. The van der Waals surface area contributed by atoms with Gasteiger partial charge in [0.2, 0.25) is 5.91 Å². The normalized spacial score (nSPS) is 20.0. The molecule has 1 aromatic carbocycles. The van der Waals surface area contributed by atoms with Gasteiger partial charge in [0.25, 0.3) is 0 Å². The number of anilines is 1. The van der Waals surface area contributed by atoms with E-state index in [1.165, 1.54) is 18.5 Å². The van der Waals surface area contributed by atoms with Crippen molar-refractivity contribution in [3.8, 4) is 0 Å². The number of hydrogen-bond acceptors (Lipinski definition) is 5. The summed E-state index contributed by atoms with van der Waals surface area (Å²) in [4.78, 5) is 24.2. The Morgan fingerprint density at radius 3 is 2.95 bits per heavy atom. The van der Waals surface area contributed by atoms with Crippen molar-refractivity contribution in [1.82, 2.24) is 20.2 Å². The van der Waals surface area contributed by atoms with Gasteiger partial charge in [0, 0.05) is 37.6 Å². The van der Waals surface area contributed by atoms with Crippen molar-refractivity contribution < 1.29 is 9.18 Å². The Bertz CT molecular complexity index is 731. The van der Waals surface area contributed by atoms with E-state index in [0.717, 1.165) is 36.4 Å². The molecule has 2 fully saturated rings. The molecule has 2 aliphatic heterocycles. The van der Waals surface area contributed by atoms with E-state index < -0.39 is 0 Å². The van der Waals surface area contributed by atoms with Crippen molar-refractivity contribution in [3.05, 3.63) is 30.3 Å². The van der Waals surface area contributed by atoms with Crippen molar-refractivity contribution in [1.29, 1.82) is 0 Å². The lowest BCUT2D eigenvalue weighted by Gasteiger charge is -2.47. The topological polar surface area (TPSA) is 61.4 Å². The number of nitrogens with one attached hydrogen (secondary N) is 1. The molecule has 0 radical (unpaired) electrons. The molecule has 3 heterocycles. The maximum atomic E-state index is 13.5. The molecule has 4 rings (SSSR count). The zero-order chi connectivity index (χ0) is 15.1. The molecule has 2 aliphatic rings. The highest BCUT2D eigenvalue weighted by atomic mass is 19.1. The van der Waals surface area contributed by atoms with Crippen LogP contribution in [0.25, 0.3) is 10.9 Å². The molecule has 2 aromatic rings. The van der Waals surface area contributed by atoms with E-state index in [9.17, 15) is 9.18 Å². The summed E-state index contributed by atoms with van der Waals surface area (Å²) in [5.74, 6) is 0.565. The van der Waals surface area contributed by atoms with Crippen molar-refractivity contribution >= 4 is 22.6 Å². The highest BCUT2D eigenvalue weighted by Gasteiger charge is 2.35. The minimum Gasteiger partial charge on any atom is -0.354 e. The van der Waals surface area contributed by atoms with Gasteiger partial charge in [-0.3, -0.25) is 9.69 Å². The molecule has 22 heavy (non-hydrogen) atoms. The monoisotopic (exact) mass is 301 g/mol. The van der Waals surface area contributed by atoms with E-state index in [2.05, 4.69) is 25.1 Å². The predicted octanol–water partition coefficient (Wildman–Crippen LogP) is 0.389. The fourth-order valence-electron chi connectivity index (χ4n) is 3.10. The number of aromatic nitrogens is 2. The van der Waals surface area contributed by atoms with Crippen molar-refractivity contribution in [2.24, 2.45) is 0 Å². The third-order valence-electron chi connectivity index (χ3n) is 4.32. The van der Waals surface area contributed by atoms with Crippen molar-refractivity contribution in [2.45, 2.75) is 6.04 Å². The third-order valence-corrected chi connectivity index (χ3v) is 4.32. The number of piperazine rings is 1. The lowest BCUT2D eigenvalue weighted by Crippen LogP contribution is -2.64. The molecular formula is C15H16FN5O. The highest BCUT2D eigenvalue weighted by Crippen LogP contribution is 2.28.